The molecule has 2 aromatic rings. The maximum atomic E-state index is 11.7. The number of hydrogen-bond donors (Lipinski definition) is 0. The molecule has 3 rings (SSSR count). The Hall–Kier alpha value is -1.62. The predicted molar refractivity (Wildman–Crippen MR) is 82.6 cm³/mol. The van der Waals surface area contributed by atoms with Crippen LogP contribution < -0.4 is 0 Å². The van der Waals surface area contributed by atoms with E-state index >= 15 is 0 Å². The average Bonchev–Trinajstić information content (AvgIpc) is 2.80. The molecule has 1 unspecified atom stereocenters. The minimum atomic E-state index is 0.207. The van der Waals surface area contributed by atoms with Gasteiger partial charge in [0.25, 0.3) is 0 Å². The van der Waals surface area contributed by atoms with Crippen molar-refractivity contribution < 1.29 is 4.79 Å². The Morgan fingerprint density at radius 3 is 2.90 bits per heavy atom. The van der Waals surface area contributed by atoms with E-state index in [0.717, 1.165) is 29.1 Å². The number of rotatable bonds is 3. The van der Waals surface area contributed by atoms with Crippen LogP contribution in [0.25, 0.3) is 11.2 Å². The molecular formula is C15H19ClN4O. The summed E-state index contributed by atoms with van der Waals surface area (Å²) >= 11 is 5.92. The van der Waals surface area contributed by atoms with Gasteiger partial charge in [-0.25, -0.2) is 9.97 Å². The summed E-state index contributed by atoms with van der Waals surface area (Å²) in [5.41, 5.74) is 2.78. The molecule has 2 aromatic heterocycles. The van der Waals surface area contributed by atoms with E-state index in [9.17, 15) is 4.79 Å². The van der Waals surface area contributed by atoms with Gasteiger partial charge >= 0.3 is 0 Å². The molecule has 0 aliphatic carbocycles. The summed E-state index contributed by atoms with van der Waals surface area (Å²) in [4.78, 5) is 22.8. The molecule has 1 saturated heterocycles. The number of amides is 1. The molecule has 1 atom stereocenters. The molecule has 112 valence electrons. The lowest BCUT2D eigenvalue weighted by molar-refractivity contribution is -0.132. The summed E-state index contributed by atoms with van der Waals surface area (Å²) in [6.45, 7) is 2.68. The van der Waals surface area contributed by atoms with Gasteiger partial charge in [0.15, 0.2) is 5.65 Å². The van der Waals surface area contributed by atoms with Gasteiger partial charge < -0.3 is 9.47 Å². The highest BCUT2D eigenvalue weighted by Crippen LogP contribution is 2.27. The number of halogens is 1. The lowest BCUT2D eigenvalue weighted by Gasteiger charge is -2.31. The molecule has 0 saturated carbocycles. The fourth-order valence-corrected chi connectivity index (χ4v) is 3.13. The van der Waals surface area contributed by atoms with Gasteiger partial charge in [0, 0.05) is 38.0 Å². The maximum absolute atomic E-state index is 11.7. The number of aryl methyl sites for hydroxylation is 2. The number of piperidine rings is 1. The van der Waals surface area contributed by atoms with Crippen LogP contribution in [0, 0.1) is 6.92 Å². The van der Waals surface area contributed by atoms with Crippen LogP contribution in [-0.4, -0.2) is 44.8 Å². The van der Waals surface area contributed by atoms with E-state index in [-0.39, 0.29) is 11.9 Å². The van der Waals surface area contributed by atoms with Crippen LogP contribution in [0.1, 0.15) is 30.4 Å². The highest BCUT2D eigenvalue weighted by Gasteiger charge is 2.27. The van der Waals surface area contributed by atoms with Gasteiger partial charge in [0.1, 0.15) is 11.3 Å². The Morgan fingerprint density at radius 1 is 1.38 bits per heavy atom. The number of alkyl halides is 1. The molecule has 1 aliphatic heterocycles. The molecule has 0 bridgehead atoms. The third-order valence-electron chi connectivity index (χ3n) is 4.03. The number of fused-ring (bicyclic) bond motifs is 1. The van der Waals surface area contributed by atoms with Gasteiger partial charge in [-0.1, -0.05) is 0 Å². The minimum absolute atomic E-state index is 0.207. The van der Waals surface area contributed by atoms with E-state index in [1.54, 1.807) is 4.90 Å². The van der Waals surface area contributed by atoms with Crippen molar-refractivity contribution in [1.29, 1.82) is 0 Å². The molecule has 1 fully saturated rings. The zero-order valence-electron chi connectivity index (χ0n) is 12.3. The Kier molecular flexibility index (Phi) is 3.85. The van der Waals surface area contributed by atoms with Gasteiger partial charge in [0.05, 0.1) is 6.04 Å². The zero-order valence-corrected chi connectivity index (χ0v) is 13.1. The first-order chi connectivity index (χ1) is 10.1. The number of hydrogen-bond acceptors (Lipinski definition) is 3. The van der Waals surface area contributed by atoms with Crippen molar-refractivity contribution in [2.24, 2.45) is 0 Å². The number of pyridine rings is 1. The molecule has 5 nitrogen and oxygen atoms in total. The highest BCUT2D eigenvalue weighted by molar-refractivity contribution is 6.17. The Labute approximate surface area is 128 Å². The standard InChI is InChI=1S/C15H19ClN4O/c1-10-3-5-12-15(17-10)20(13(18-12)7-8-16)11-4-6-14(21)19(2)9-11/h3,5,11H,4,6-9H2,1-2H3. The number of imidazole rings is 1. The predicted octanol–water partition coefficient (Wildman–Crippen LogP) is 2.31. The molecule has 3 heterocycles. The number of carbonyl (C=O) groups is 1. The maximum Gasteiger partial charge on any atom is 0.222 e. The van der Waals surface area contributed by atoms with E-state index in [1.807, 2.05) is 26.1 Å². The summed E-state index contributed by atoms with van der Waals surface area (Å²) in [7, 11) is 1.85. The third-order valence-corrected chi connectivity index (χ3v) is 4.22. The average molecular weight is 307 g/mol. The van der Waals surface area contributed by atoms with E-state index < -0.39 is 0 Å². The smallest absolute Gasteiger partial charge is 0.222 e. The van der Waals surface area contributed by atoms with Crippen molar-refractivity contribution in [3.05, 3.63) is 23.7 Å². The summed E-state index contributed by atoms with van der Waals surface area (Å²) in [6, 6.07) is 4.20. The monoisotopic (exact) mass is 306 g/mol. The summed E-state index contributed by atoms with van der Waals surface area (Å²) in [6.07, 6.45) is 2.12. The third kappa shape index (κ3) is 2.62. The Balaban J connectivity index is 2.08. The molecule has 0 aromatic carbocycles. The fourth-order valence-electron chi connectivity index (χ4n) is 2.96. The lowest BCUT2D eigenvalue weighted by Crippen LogP contribution is -2.38. The van der Waals surface area contributed by atoms with Crippen LogP contribution in [0.2, 0.25) is 0 Å². The van der Waals surface area contributed by atoms with Crippen LogP contribution in [-0.2, 0) is 11.2 Å². The van der Waals surface area contributed by atoms with Crippen LogP contribution in [0.5, 0.6) is 0 Å². The van der Waals surface area contributed by atoms with Crippen molar-refractivity contribution in [3.63, 3.8) is 0 Å². The first-order valence-electron chi connectivity index (χ1n) is 7.24. The van der Waals surface area contributed by atoms with Crippen molar-refractivity contribution in [2.75, 3.05) is 19.5 Å². The molecule has 1 amide bonds. The van der Waals surface area contributed by atoms with Gasteiger partial charge in [-0.2, -0.15) is 0 Å². The van der Waals surface area contributed by atoms with Crippen molar-refractivity contribution in [3.8, 4) is 0 Å². The van der Waals surface area contributed by atoms with Crippen molar-refractivity contribution in [2.45, 2.75) is 32.2 Å². The molecule has 0 N–H and O–H groups in total. The Morgan fingerprint density at radius 2 is 2.19 bits per heavy atom. The summed E-state index contributed by atoms with van der Waals surface area (Å²) in [5, 5.41) is 0. The zero-order chi connectivity index (χ0) is 15.0. The number of carbonyl (C=O) groups excluding carboxylic acids is 1. The van der Waals surface area contributed by atoms with Crippen LogP contribution >= 0.6 is 11.6 Å². The fraction of sp³-hybridized carbons (Fsp3) is 0.533. The molecule has 21 heavy (non-hydrogen) atoms. The summed E-state index contributed by atoms with van der Waals surface area (Å²) < 4.78 is 2.19. The van der Waals surface area contributed by atoms with E-state index in [4.69, 9.17) is 11.6 Å². The normalized spacial score (nSPS) is 19.5. The number of likely N-dealkylation sites (tertiary alicyclic amines) is 1. The second-order valence-electron chi connectivity index (χ2n) is 5.60. The van der Waals surface area contributed by atoms with Crippen molar-refractivity contribution >= 4 is 28.7 Å². The van der Waals surface area contributed by atoms with Gasteiger partial charge in [0.2, 0.25) is 5.91 Å². The van der Waals surface area contributed by atoms with Crippen molar-refractivity contribution in [1.82, 2.24) is 19.4 Å². The second kappa shape index (κ2) is 5.64. The molecule has 6 heteroatoms. The van der Waals surface area contributed by atoms with Crippen LogP contribution in [0.15, 0.2) is 12.1 Å². The number of likely N-dealkylation sites (N-methyl/N-ethyl adjacent to an activating group) is 1. The molecule has 1 aliphatic rings. The van der Waals surface area contributed by atoms with Gasteiger partial charge in [-0.3, -0.25) is 4.79 Å². The van der Waals surface area contributed by atoms with Crippen LogP contribution in [0.3, 0.4) is 0 Å². The van der Waals surface area contributed by atoms with E-state index in [1.165, 1.54) is 0 Å². The largest absolute Gasteiger partial charge is 0.344 e. The molecule has 0 radical (unpaired) electrons. The molecule has 0 spiro atoms. The van der Waals surface area contributed by atoms with Crippen LogP contribution in [0.4, 0.5) is 0 Å². The number of nitrogens with zero attached hydrogens (tertiary/aromatic N) is 4. The van der Waals surface area contributed by atoms with E-state index in [2.05, 4.69) is 14.5 Å². The minimum Gasteiger partial charge on any atom is -0.344 e. The first kappa shape index (κ1) is 14.3. The molecular weight excluding hydrogens is 288 g/mol. The van der Waals surface area contributed by atoms with E-state index in [0.29, 0.717) is 25.3 Å². The SMILES string of the molecule is Cc1ccc2nc(CCCl)n(C3CCC(=O)N(C)C3)c2n1. The second-order valence-corrected chi connectivity index (χ2v) is 5.98. The van der Waals surface area contributed by atoms with Gasteiger partial charge in [-0.15, -0.1) is 11.6 Å². The topological polar surface area (TPSA) is 51.0 Å². The summed E-state index contributed by atoms with van der Waals surface area (Å²) in [5.74, 6) is 1.70. The Bertz CT molecular complexity index is 682. The highest BCUT2D eigenvalue weighted by atomic mass is 35.5. The quantitative estimate of drug-likeness (QED) is 0.818. The lowest BCUT2D eigenvalue weighted by atomic mass is 10.1. The first-order valence-corrected chi connectivity index (χ1v) is 7.78. The number of aromatic nitrogens is 3. The van der Waals surface area contributed by atoms with Gasteiger partial charge in [-0.05, 0) is 25.5 Å².